The van der Waals surface area contributed by atoms with Gasteiger partial charge in [0, 0.05) is 5.56 Å². The molecule has 2 aliphatic rings. The minimum atomic E-state index is -0.944. The minimum absolute atomic E-state index is 0. The molecule has 11 heteroatoms. The second-order valence-corrected chi connectivity index (χ2v) is 12.9. The molecule has 0 unspecified atom stereocenters. The topological polar surface area (TPSA) is 54.0 Å². The molecular weight excluding hydrogens is 788 g/mol. The Kier molecular flexibility index (Phi) is 9.60. The van der Waals surface area contributed by atoms with E-state index in [4.69, 9.17) is 26.4 Å². The summed E-state index contributed by atoms with van der Waals surface area (Å²) in [6.45, 7) is 0. The monoisotopic (exact) mass is 808 g/mol. The van der Waals surface area contributed by atoms with Crippen molar-refractivity contribution in [2.24, 2.45) is 0 Å². The minimum Gasteiger partial charge on any atom is -0.657 e. The molecule has 9 rings (SSSR count). The fourth-order valence-electron chi connectivity index (χ4n) is 7.09. The first kappa shape index (κ1) is 37.2. The number of terminal acetylenes is 1. The van der Waals surface area contributed by atoms with E-state index < -0.39 is 51.6 Å². The molecule has 57 heavy (non-hydrogen) atoms. The van der Waals surface area contributed by atoms with Gasteiger partial charge in [-0.1, -0.05) is 60.5 Å². The molecular formula is C46H22F6N4Zn. The van der Waals surface area contributed by atoms with Crippen molar-refractivity contribution in [1.29, 1.82) is 0 Å². The van der Waals surface area contributed by atoms with Gasteiger partial charge in [0.1, 0.15) is 34.9 Å². The summed E-state index contributed by atoms with van der Waals surface area (Å²) in [5, 5.41) is 0. The Balaban J connectivity index is 0.00000455. The van der Waals surface area contributed by atoms with Gasteiger partial charge >= 0.3 is 19.5 Å². The van der Waals surface area contributed by atoms with Crippen molar-refractivity contribution in [2.45, 2.75) is 0 Å². The number of aromatic nitrogens is 4. The Labute approximate surface area is 334 Å². The van der Waals surface area contributed by atoms with Gasteiger partial charge < -0.3 is 9.97 Å². The molecule has 3 aromatic heterocycles. The van der Waals surface area contributed by atoms with Crippen LogP contribution in [0, 0.1) is 47.2 Å². The van der Waals surface area contributed by atoms with Crippen LogP contribution in [0.15, 0.2) is 103 Å². The number of halogens is 6. The molecule has 0 N–H and O–H groups in total. The van der Waals surface area contributed by atoms with Gasteiger partial charge in [-0.05, 0) is 101 Å². The second kappa shape index (κ2) is 14.7. The molecule has 8 bridgehead atoms. The van der Waals surface area contributed by atoms with Crippen LogP contribution in [-0.2, 0) is 19.5 Å². The number of fused-ring (bicyclic) bond motifs is 8. The Hall–Kier alpha value is -6.76. The molecule has 0 atom stereocenters. The van der Waals surface area contributed by atoms with E-state index in [0.717, 1.165) is 36.4 Å². The van der Waals surface area contributed by atoms with Crippen LogP contribution in [0.3, 0.4) is 0 Å². The first-order chi connectivity index (χ1) is 27.2. The Morgan fingerprint density at radius 2 is 0.684 bits per heavy atom. The van der Waals surface area contributed by atoms with Gasteiger partial charge in [-0.15, -0.1) is 28.5 Å². The van der Waals surface area contributed by atoms with E-state index in [1.54, 1.807) is 48.6 Å². The summed E-state index contributed by atoms with van der Waals surface area (Å²) in [5.41, 5.74) is 1.16. The molecule has 4 aromatic carbocycles. The smallest absolute Gasteiger partial charge is 0.657 e. The Bertz CT molecular complexity index is 2950. The van der Waals surface area contributed by atoms with E-state index in [-0.39, 0.29) is 69.8 Å². The number of hydrogen-bond acceptors (Lipinski definition) is 2. The zero-order chi connectivity index (χ0) is 38.7. The maximum Gasteiger partial charge on any atom is 2.00 e. The van der Waals surface area contributed by atoms with Crippen molar-refractivity contribution in [1.82, 2.24) is 19.9 Å². The summed E-state index contributed by atoms with van der Waals surface area (Å²) in [5.74, 6) is -2.88. The summed E-state index contributed by atoms with van der Waals surface area (Å²) in [6.07, 6.45) is 11.8. The number of nitrogens with zero attached hydrogens (tertiary/aromatic N) is 4. The molecule has 0 saturated heterocycles. The van der Waals surface area contributed by atoms with Crippen molar-refractivity contribution in [2.75, 3.05) is 0 Å². The van der Waals surface area contributed by atoms with Crippen molar-refractivity contribution in [3.05, 3.63) is 166 Å². The molecule has 7 aromatic rings. The third-order valence-corrected chi connectivity index (χ3v) is 9.59. The fourth-order valence-corrected chi connectivity index (χ4v) is 7.09. The summed E-state index contributed by atoms with van der Waals surface area (Å²) < 4.78 is 94.3. The van der Waals surface area contributed by atoms with Crippen LogP contribution < -0.4 is 9.97 Å². The second-order valence-electron chi connectivity index (χ2n) is 12.9. The summed E-state index contributed by atoms with van der Waals surface area (Å²) in [6, 6.07) is 23.3. The molecule has 2 aliphatic heterocycles. The van der Waals surface area contributed by atoms with Gasteiger partial charge in [0.15, 0.2) is 0 Å². The largest absolute Gasteiger partial charge is 2.00 e. The van der Waals surface area contributed by atoms with Crippen molar-refractivity contribution < 1.29 is 45.8 Å². The standard InChI is InChI=1S/C46H22F6N4.Zn/c1-2-24-12-14-25(15-13-24)40-32-16-18-34(53-32)44(41-26(47)6-3-7-27(41)48)36-20-22-38(55-36)46(43-30(51)10-5-11-31(43)52)39-23-21-37(56-39)45(35-19-17-33(40)54-35)42-28(49)8-4-9-29(42)50;/h1,3-23H;/q-2;+2. The summed E-state index contributed by atoms with van der Waals surface area (Å²) in [4.78, 5) is 19.2. The first-order valence-electron chi connectivity index (χ1n) is 17.2. The number of rotatable bonds is 4. The van der Waals surface area contributed by atoms with E-state index >= 15 is 26.3 Å². The molecule has 0 amide bonds. The SMILES string of the molecule is C#Cc1ccc(-c2c3nc(c(-c4c(F)cccc4F)c4ccc([n-]4)c(-c4c(F)cccc4F)c4nc(c(-c5c(F)cccc5F)c5ccc2[n-]5)C=C4)C=C3)cc1.[Zn+2]. The van der Waals surface area contributed by atoms with Crippen LogP contribution in [0.1, 0.15) is 28.3 Å². The average molecular weight is 810 g/mol. The third kappa shape index (κ3) is 6.38. The van der Waals surface area contributed by atoms with E-state index in [0.29, 0.717) is 27.9 Å². The van der Waals surface area contributed by atoms with Gasteiger partial charge in [0.05, 0.1) is 39.5 Å². The maximum absolute atomic E-state index is 15.7. The molecule has 0 aliphatic carbocycles. The predicted molar refractivity (Wildman–Crippen MR) is 206 cm³/mol. The van der Waals surface area contributed by atoms with Crippen LogP contribution in [0.2, 0.25) is 0 Å². The van der Waals surface area contributed by atoms with Crippen LogP contribution >= 0.6 is 0 Å². The van der Waals surface area contributed by atoms with E-state index in [2.05, 4.69) is 5.92 Å². The molecule has 270 valence electrons. The van der Waals surface area contributed by atoms with E-state index in [1.807, 2.05) is 0 Å². The van der Waals surface area contributed by atoms with Gasteiger partial charge in [0.2, 0.25) is 0 Å². The van der Waals surface area contributed by atoms with Crippen LogP contribution in [-0.4, -0.2) is 9.97 Å². The van der Waals surface area contributed by atoms with Crippen molar-refractivity contribution in [3.8, 4) is 56.9 Å². The Morgan fingerprint density at radius 3 is 1.00 bits per heavy atom. The molecule has 4 nitrogen and oxygen atoms in total. The van der Waals surface area contributed by atoms with Crippen LogP contribution in [0.4, 0.5) is 26.3 Å². The molecule has 0 spiro atoms. The van der Waals surface area contributed by atoms with Crippen LogP contribution in [0.5, 0.6) is 0 Å². The van der Waals surface area contributed by atoms with Gasteiger partial charge in [-0.25, -0.2) is 36.3 Å². The number of benzene rings is 4. The molecule has 5 heterocycles. The molecule has 0 saturated carbocycles. The quantitative estimate of drug-likeness (QED) is 0.101. The fraction of sp³-hybridized carbons (Fsp3) is 0. The summed E-state index contributed by atoms with van der Waals surface area (Å²) in [7, 11) is 0. The molecule has 0 fully saturated rings. The van der Waals surface area contributed by atoms with E-state index in [9.17, 15) is 0 Å². The van der Waals surface area contributed by atoms with Crippen molar-refractivity contribution in [3.63, 3.8) is 0 Å². The maximum atomic E-state index is 15.7. The van der Waals surface area contributed by atoms with Crippen LogP contribution in [0.25, 0.3) is 90.9 Å². The summed E-state index contributed by atoms with van der Waals surface area (Å²) >= 11 is 0. The average Bonchev–Trinajstić information content (AvgIpc) is 4.03. The first-order valence-corrected chi connectivity index (χ1v) is 17.2. The zero-order valence-electron chi connectivity index (χ0n) is 29.5. The van der Waals surface area contributed by atoms with Gasteiger partial charge in [0.25, 0.3) is 0 Å². The number of hydrogen-bond donors (Lipinski definition) is 0. The third-order valence-electron chi connectivity index (χ3n) is 9.59. The molecule has 0 radical (unpaired) electrons. The van der Waals surface area contributed by atoms with Gasteiger partial charge in [-0.3, -0.25) is 0 Å². The van der Waals surface area contributed by atoms with Gasteiger partial charge in [-0.2, -0.15) is 0 Å². The normalized spacial score (nSPS) is 11.7. The predicted octanol–water partition coefficient (Wildman–Crippen LogP) is 11.4. The Morgan fingerprint density at radius 1 is 0.386 bits per heavy atom. The van der Waals surface area contributed by atoms with Crippen molar-refractivity contribution >= 4 is 46.4 Å². The zero-order valence-corrected chi connectivity index (χ0v) is 32.4. The van der Waals surface area contributed by atoms with E-state index in [1.165, 1.54) is 42.5 Å².